The lowest BCUT2D eigenvalue weighted by molar-refractivity contribution is -0.154. The summed E-state index contributed by atoms with van der Waals surface area (Å²) in [6, 6.07) is 10.9. The number of thioether (sulfide) groups is 2. The van der Waals surface area contributed by atoms with E-state index in [1.165, 1.54) is 18.7 Å². The van der Waals surface area contributed by atoms with Crippen LogP contribution in [0.5, 0.6) is 0 Å². The first kappa shape index (κ1) is 17.9. The SMILES string of the molecule is CSc1ccc(COC(=O)[C@H]2CS[C@H](c3ccco3)N2C(C)=O)cc1. The summed E-state index contributed by atoms with van der Waals surface area (Å²) in [5, 5.41) is -0.286. The summed E-state index contributed by atoms with van der Waals surface area (Å²) in [6.45, 7) is 1.66. The van der Waals surface area contributed by atoms with Crippen LogP contribution in [-0.2, 0) is 20.9 Å². The summed E-state index contributed by atoms with van der Waals surface area (Å²) in [5.41, 5.74) is 0.925. The zero-order valence-corrected chi connectivity index (χ0v) is 15.6. The van der Waals surface area contributed by atoms with Crippen LogP contribution in [0.4, 0.5) is 0 Å². The Labute approximate surface area is 155 Å². The van der Waals surface area contributed by atoms with Crippen LogP contribution in [0.15, 0.2) is 52.0 Å². The maximum atomic E-state index is 12.5. The smallest absolute Gasteiger partial charge is 0.330 e. The average molecular weight is 377 g/mol. The molecule has 7 heteroatoms. The van der Waals surface area contributed by atoms with Gasteiger partial charge >= 0.3 is 5.97 Å². The van der Waals surface area contributed by atoms with E-state index < -0.39 is 6.04 Å². The van der Waals surface area contributed by atoms with E-state index in [0.29, 0.717) is 11.5 Å². The van der Waals surface area contributed by atoms with Crippen molar-refractivity contribution in [3.8, 4) is 0 Å². The molecule has 0 spiro atoms. The van der Waals surface area contributed by atoms with Crippen molar-refractivity contribution >= 4 is 35.4 Å². The van der Waals surface area contributed by atoms with Gasteiger partial charge in [0.1, 0.15) is 23.8 Å². The maximum absolute atomic E-state index is 12.5. The van der Waals surface area contributed by atoms with Gasteiger partial charge in [-0.05, 0) is 36.1 Å². The van der Waals surface area contributed by atoms with Gasteiger partial charge in [0.2, 0.25) is 5.91 Å². The van der Waals surface area contributed by atoms with Crippen LogP contribution in [0, 0.1) is 0 Å². The lowest BCUT2D eigenvalue weighted by atomic mass is 10.2. The van der Waals surface area contributed by atoms with Crippen molar-refractivity contribution in [3.05, 3.63) is 54.0 Å². The molecule has 3 rings (SSSR count). The third kappa shape index (κ3) is 4.04. The third-order valence-corrected chi connectivity index (χ3v) is 5.99. The summed E-state index contributed by atoms with van der Waals surface area (Å²) in [6.07, 6.45) is 3.58. The third-order valence-electron chi connectivity index (χ3n) is 3.96. The summed E-state index contributed by atoms with van der Waals surface area (Å²) < 4.78 is 10.9. The highest BCUT2D eigenvalue weighted by Crippen LogP contribution is 2.41. The predicted octanol–water partition coefficient (Wildman–Crippen LogP) is 3.71. The van der Waals surface area contributed by atoms with Crippen molar-refractivity contribution in [2.45, 2.75) is 29.8 Å². The second kappa shape index (κ2) is 8.01. The Balaban J connectivity index is 1.65. The van der Waals surface area contributed by atoms with Gasteiger partial charge in [-0.15, -0.1) is 23.5 Å². The fourth-order valence-electron chi connectivity index (χ4n) is 2.70. The highest BCUT2D eigenvalue weighted by atomic mass is 32.2. The highest BCUT2D eigenvalue weighted by molar-refractivity contribution is 7.99. The number of ether oxygens (including phenoxy) is 1. The number of hydrogen-bond acceptors (Lipinski definition) is 6. The van der Waals surface area contributed by atoms with Crippen molar-refractivity contribution < 1.29 is 18.7 Å². The van der Waals surface area contributed by atoms with Crippen molar-refractivity contribution in [1.82, 2.24) is 4.90 Å². The van der Waals surface area contributed by atoms with E-state index in [0.717, 1.165) is 10.5 Å². The standard InChI is InChI=1S/C18H19NO4S2/c1-12(20)19-15(11-25-17(19)16-4-3-9-22-16)18(21)23-10-13-5-7-14(24-2)8-6-13/h3-9,15,17H,10-11H2,1-2H3/t15-,17-/m1/s1. The number of amides is 1. The van der Waals surface area contributed by atoms with Crippen LogP contribution in [0.1, 0.15) is 23.6 Å². The zero-order chi connectivity index (χ0) is 17.8. The van der Waals surface area contributed by atoms with Crippen LogP contribution in [0.25, 0.3) is 0 Å². The first-order valence-electron chi connectivity index (χ1n) is 7.83. The minimum absolute atomic E-state index is 0.169. The lowest BCUT2D eigenvalue weighted by Gasteiger charge is -2.25. The molecule has 0 N–H and O–H groups in total. The number of rotatable bonds is 5. The normalized spacial score (nSPS) is 19.8. The number of furan rings is 1. The van der Waals surface area contributed by atoms with Crippen LogP contribution >= 0.6 is 23.5 Å². The van der Waals surface area contributed by atoms with Gasteiger partial charge < -0.3 is 14.1 Å². The topological polar surface area (TPSA) is 59.8 Å². The minimum Gasteiger partial charge on any atom is -0.466 e. The molecule has 2 heterocycles. The number of carbonyl (C=O) groups excluding carboxylic acids is 2. The monoisotopic (exact) mass is 377 g/mol. The Morgan fingerprint density at radius 1 is 1.32 bits per heavy atom. The molecule has 0 aliphatic carbocycles. The Morgan fingerprint density at radius 3 is 2.68 bits per heavy atom. The molecule has 0 unspecified atom stereocenters. The van der Waals surface area contributed by atoms with Crippen LogP contribution < -0.4 is 0 Å². The summed E-state index contributed by atoms with van der Waals surface area (Å²) in [5.74, 6) is 0.612. The van der Waals surface area contributed by atoms with Gasteiger partial charge in [0.05, 0.1) is 6.26 Å². The number of nitrogens with zero attached hydrogens (tertiary/aromatic N) is 1. The molecule has 1 amide bonds. The van der Waals surface area contributed by atoms with Crippen LogP contribution in [0.3, 0.4) is 0 Å². The van der Waals surface area contributed by atoms with Crippen molar-refractivity contribution in [1.29, 1.82) is 0 Å². The fraction of sp³-hybridized carbons (Fsp3) is 0.333. The molecular formula is C18H19NO4S2. The molecule has 1 aliphatic rings. The number of benzene rings is 1. The maximum Gasteiger partial charge on any atom is 0.330 e. The first-order chi connectivity index (χ1) is 12.1. The van der Waals surface area contributed by atoms with E-state index in [1.807, 2.05) is 36.6 Å². The van der Waals surface area contributed by atoms with Gasteiger partial charge in [-0.2, -0.15) is 0 Å². The van der Waals surface area contributed by atoms with Gasteiger partial charge in [-0.1, -0.05) is 12.1 Å². The van der Waals surface area contributed by atoms with Crippen LogP contribution in [-0.4, -0.2) is 34.8 Å². The van der Waals surface area contributed by atoms with E-state index in [2.05, 4.69) is 0 Å². The van der Waals surface area contributed by atoms with Gasteiger partial charge in [0.15, 0.2) is 0 Å². The van der Waals surface area contributed by atoms with Gasteiger partial charge in [0, 0.05) is 17.6 Å². The molecule has 1 aliphatic heterocycles. The van der Waals surface area contributed by atoms with Crippen molar-refractivity contribution in [3.63, 3.8) is 0 Å². The number of esters is 1. The van der Waals surface area contributed by atoms with Gasteiger partial charge in [0.25, 0.3) is 0 Å². The Bertz CT molecular complexity index is 730. The van der Waals surface area contributed by atoms with E-state index in [1.54, 1.807) is 29.0 Å². The molecule has 2 atom stereocenters. The zero-order valence-electron chi connectivity index (χ0n) is 14.0. The molecule has 1 fully saturated rings. The van der Waals surface area contributed by atoms with Crippen molar-refractivity contribution in [2.24, 2.45) is 0 Å². The molecule has 5 nitrogen and oxygen atoms in total. The number of hydrogen-bond donors (Lipinski definition) is 0. The molecule has 0 radical (unpaired) electrons. The Kier molecular flexibility index (Phi) is 5.75. The highest BCUT2D eigenvalue weighted by Gasteiger charge is 2.43. The molecule has 1 aromatic heterocycles. The second-order valence-corrected chi connectivity index (χ2v) is 7.59. The van der Waals surface area contributed by atoms with Gasteiger partial charge in [-0.3, -0.25) is 4.79 Å². The first-order valence-corrected chi connectivity index (χ1v) is 10.1. The van der Waals surface area contributed by atoms with E-state index >= 15 is 0 Å². The molecular weight excluding hydrogens is 358 g/mol. The quantitative estimate of drug-likeness (QED) is 0.585. The van der Waals surface area contributed by atoms with E-state index in [4.69, 9.17) is 9.15 Å². The van der Waals surface area contributed by atoms with Crippen molar-refractivity contribution in [2.75, 3.05) is 12.0 Å². The lowest BCUT2D eigenvalue weighted by Crippen LogP contribution is -2.42. The summed E-state index contributed by atoms with van der Waals surface area (Å²) >= 11 is 3.17. The van der Waals surface area contributed by atoms with E-state index in [9.17, 15) is 9.59 Å². The number of carbonyl (C=O) groups is 2. The van der Waals surface area contributed by atoms with Gasteiger partial charge in [-0.25, -0.2) is 4.79 Å². The molecule has 1 saturated heterocycles. The molecule has 0 bridgehead atoms. The summed E-state index contributed by atoms with van der Waals surface area (Å²) in [4.78, 5) is 27.3. The average Bonchev–Trinajstić information content (AvgIpc) is 3.28. The predicted molar refractivity (Wildman–Crippen MR) is 98.2 cm³/mol. The molecule has 25 heavy (non-hydrogen) atoms. The molecule has 1 aromatic carbocycles. The van der Waals surface area contributed by atoms with E-state index in [-0.39, 0.29) is 23.9 Å². The Morgan fingerprint density at radius 2 is 2.08 bits per heavy atom. The fourth-order valence-corrected chi connectivity index (χ4v) is 4.52. The minimum atomic E-state index is -0.594. The molecule has 2 aromatic rings. The van der Waals surface area contributed by atoms with Crippen LogP contribution in [0.2, 0.25) is 0 Å². The summed E-state index contributed by atoms with van der Waals surface area (Å²) in [7, 11) is 0. The molecule has 0 saturated carbocycles. The molecule has 132 valence electrons. The largest absolute Gasteiger partial charge is 0.466 e. The second-order valence-electron chi connectivity index (χ2n) is 5.60. The Hall–Kier alpha value is -1.86.